The van der Waals surface area contributed by atoms with Gasteiger partial charge in [0, 0.05) is 0 Å². The van der Waals surface area contributed by atoms with Crippen LogP contribution in [0.5, 0.6) is 0 Å². The minimum atomic E-state index is -1.03. The summed E-state index contributed by atoms with van der Waals surface area (Å²) in [4.78, 5) is 22.5. The average molecular weight is 260 g/mol. The molecule has 2 atom stereocenters. The smallest absolute Gasteiger partial charge is 0.326 e. The standard InChI is InChI=1S/C11H22N2O3.CH4N/c1-6(2)5-8(12)10(14)13-9(7(3)4)11(15)16;1-2/h6-9H,5,12H2,1-4H3,(H,13,14)(H,15,16);2H,1H3/q;-1/t8-,9-;/m0./s1. The van der Waals surface area contributed by atoms with E-state index in [1.54, 1.807) is 13.8 Å². The molecule has 0 aliphatic rings. The number of rotatable bonds is 6. The molecule has 0 aliphatic heterocycles. The minimum absolute atomic E-state index is 0.160. The molecule has 0 radical (unpaired) electrons. The molecule has 0 bridgehead atoms. The van der Waals surface area contributed by atoms with Crippen LogP contribution in [0.15, 0.2) is 0 Å². The van der Waals surface area contributed by atoms with E-state index in [4.69, 9.17) is 16.6 Å². The highest BCUT2D eigenvalue weighted by atomic mass is 16.4. The lowest BCUT2D eigenvalue weighted by Gasteiger charge is -2.21. The molecule has 0 aliphatic carbocycles. The second-order valence-electron chi connectivity index (χ2n) is 4.80. The Kier molecular flexibility index (Phi) is 10.5. The highest BCUT2D eigenvalue weighted by molar-refractivity contribution is 5.86. The van der Waals surface area contributed by atoms with Crippen molar-refractivity contribution in [3.63, 3.8) is 0 Å². The van der Waals surface area contributed by atoms with Crippen LogP contribution in [0.25, 0.3) is 5.73 Å². The van der Waals surface area contributed by atoms with E-state index in [1.165, 1.54) is 7.05 Å². The summed E-state index contributed by atoms with van der Waals surface area (Å²) in [5.74, 6) is -1.27. The molecule has 0 saturated carbocycles. The van der Waals surface area contributed by atoms with Gasteiger partial charge in [-0.05, 0) is 18.3 Å². The van der Waals surface area contributed by atoms with E-state index in [0.29, 0.717) is 12.3 Å². The largest absolute Gasteiger partial charge is 0.680 e. The number of carboxylic acids is 1. The molecular weight excluding hydrogens is 234 g/mol. The quantitative estimate of drug-likeness (QED) is 0.666. The Labute approximate surface area is 109 Å². The summed E-state index contributed by atoms with van der Waals surface area (Å²) in [6.45, 7) is 7.41. The highest BCUT2D eigenvalue weighted by Gasteiger charge is 2.25. The summed E-state index contributed by atoms with van der Waals surface area (Å²) in [6, 6.07) is -1.51. The van der Waals surface area contributed by atoms with Crippen molar-refractivity contribution in [3.8, 4) is 0 Å². The van der Waals surface area contributed by atoms with Gasteiger partial charge in [-0.1, -0.05) is 27.7 Å². The van der Waals surface area contributed by atoms with Gasteiger partial charge in [-0.25, -0.2) is 4.79 Å². The van der Waals surface area contributed by atoms with E-state index >= 15 is 0 Å². The molecule has 0 rings (SSSR count). The Morgan fingerprint density at radius 2 is 1.67 bits per heavy atom. The van der Waals surface area contributed by atoms with E-state index in [-0.39, 0.29) is 5.92 Å². The maximum atomic E-state index is 11.6. The summed E-state index contributed by atoms with van der Waals surface area (Å²) >= 11 is 0. The van der Waals surface area contributed by atoms with E-state index in [0.717, 1.165) is 0 Å². The number of hydrogen-bond donors (Lipinski definition) is 3. The predicted octanol–water partition coefficient (Wildman–Crippen LogP) is 1.25. The van der Waals surface area contributed by atoms with Crippen molar-refractivity contribution >= 4 is 11.9 Å². The van der Waals surface area contributed by atoms with Gasteiger partial charge in [0.1, 0.15) is 6.04 Å². The highest BCUT2D eigenvalue weighted by Crippen LogP contribution is 2.05. The van der Waals surface area contributed by atoms with Crippen molar-refractivity contribution in [2.24, 2.45) is 17.6 Å². The molecule has 0 heterocycles. The van der Waals surface area contributed by atoms with E-state index in [1.807, 2.05) is 13.8 Å². The fourth-order valence-electron chi connectivity index (χ4n) is 1.39. The fourth-order valence-corrected chi connectivity index (χ4v) is 1.39. The first-order valence-electron chi connectivity index (χ1n) is 6.04. The van der Waals surface area contributed by atoms with Crippen LogP contribution in [0.4, 0.5) is 0 Å². The molecule has 18 heavy (non-hydrogen) atoms. The average Bonchev–Trinajstić information content (AvgIpc) is 2.26. The van der Waals surface area contributed by atoms with Crippen LogP contribution in [-0.4, -0.2) is 36.1 Å². The number of carboxylic acid groups (broad SMARTS) is 1. The minimum Gasteiger partial charge on any atom is -0.680 e. The van der Waals surface area contributed by atoms with Gasteiger partial charge >= 0.3 is 5.97 Å². The molecular formula is C12H26N3O3-. The molecule has 0 unspecified atom stereocenters. The molecule has 0 saturated heterocycles. The van der Waals surface area contributed by atoms with Gasteiger partial charge in [-0.15, -0.1) is 0 Å². The monoisotopic (exact) mass is 260 g/mol. The lowest BCUT2D eigenvalue weighted by Crippen LogP contribution is -2.50. The maximum absolute atomic E-state index is 11.6. The van der Waals surface area contributed by atoms with Crippen LogP contribution in [-0.2, 0) is 9.59 Å². The zero-order valence-electron chi connectivity index (χ0n) is 11.9. The summed E-state index contributed by atoms with van der Waals surface area (Å²) in [5.41, 5.74) is 11.4. The normalized spacial score (nSPS) is 13.6. The number of nitrogens with two attached hydrogens (primary N) is 1. The third-order valence-electron chi connectivity index (χ3n) is 2.29. The van der Waals surface area contributed by atoms with Crippen molar-refractivity contribution in [2.45, 2.75) is 46.2 Å². The van der Waals surface area contributed by atoms with Crippen LogP contribution in [0.2, 0.25) is 0 Å². The van der Waals surface area contributed by atoms with Crippen LogP contribution >= 0.6 is 0 Å². The zero-order chi connectivity index (χ0) is 14.9. The second-order valence-corrected chi connectivity index (χ2v) is 4.80. The third-order valence-corrected chi connectivity index (χ3v) is 2.29. The van der Waals surface area contributed by atoms with Crippen molar-refractivity contribution in [3.05, 3.63) is 5.73 Å². The van der Waals surface area contributed by atoms with Crippen molar-refractivity contribution in [1.82, 2.24) is 5.32 Å². The van der Waals surface area contributed by atoms with E-state index in [9.17, 15) is 9.59 Å². The lowest BCUT2D eigenvalue weighted by atomic mass is 10.0. The number of carbonyl (C=O) groups excluding carboxylic acids is 1. The topological polar surface area (TPSA) is 116 Å². The van der Waals surface area contributed by atoms with E-state index in [2.05, 4.69) is 5.32 Å². The first-order chi connectivity index (χ1) is 8.25. The molecule has 0 aromatic heterocycles. The number of carbonyl (C=O) groups is 2. The van der Waals surface area contributed by atoms with Crippen LogP contribution in [0, 0.1) is 11.8 Å². The summed E-state index contributed by atoms with van der Waals surface area (Å²) in [7, 11) is 1.25. The van der Waals surface area contributed by atoms with Gasteiger partial charge in [-0.3, -0.25) is 4.79 Å². The molecule has 0 fully saturated rings. The molecule has 6 nitrogen and oxygen atoms in total. The lowest BCUT2D eigenvalue weighted by molar-refractivity contribution is -0.143. The third kappa shape index (κ3) is 8.03. The number of aliphatic carboxylic acids is 1. The molecule has 5 N–H and O–H groups in total. The second kappa shape index (κ2) is 9.85. The zero-order valence-corrected chi connectivity index (χ0v) is 11.9. The summed E-state index contributed by atoms with van der Waals surface area (Å²) in [6.07, 6.45) is 0.552. The van der Waals surface area contributed by atoms with Crippen molar-refractivity contribution < 1.29 is 14.7 Å². The van der Waals surface area contributed by atoms with Gasteiger partial charge < -0.3 is 21.9 Å². The van der Waals surface area contributed by atoms with Gasteiger partial charge in [-0.2, -0.15) is 7.05 Å². The van der Waals surface area contributed by atoms with Crippen LogP contribution in [0.3, 0.4) is 0 Å². The molecule has 1 amide bonds. The van der Waals surface area contributed by atoms with Crippen LogP contribution in [0.1, 0.15) is 34.1 Å². The molecule has 6 heteroatoms. The SMILES string of the molecule is CC(C)C[C@H](N)C(=O)N[C@H](C(=O)O)C(C)C.C[NH-]. The fraction of sp³-hybridized carbons (Fsp3) is 0.833. The Bertz CT molecular complexity index is 255. The summed E-state index contributed by atoms with van der Waals surface area (Å²) in [5, 5.41) is 11.4. The first-order valence-corrected chi connectivity index (χ1v) is 6.04. The number of amides is 1. The predicted molar refractivity (Wildman–Crippen MR) is 72.1 cm³/mol. The van der Waals surface area contributed by atoms with Gasteiger partial charge in [0.25, 0.3) is 0 Å². The Balaban J connectivity index is 0. The van der Waals surface area contributed by atoms with E-state index < -0.39 is 24.0 Å². The molecule has 0 spiro atoms. The first kappa shape index (κ1) is 19.2. The van der Waals surface area contributed by atoms with Gasteiger partial charge in [0.05, 0.1) is 6.04 Å². The number of hydrogen-bond acceptors (Lipinski definition) is 3. The van der Waals surface area contributed by atoms with Crippen molar-refractivity contribution in [2.75, 3.05) is 7.05 Å². The maximum Gasteiger partial charge on any atom is 0.326 e. The Morgan fingerprint density at radius 3 is 1.94 bits per heavy atom. The molecule has 0 aromatic rings. The Hall–Kier alpha value is -1.14. The van der Waals surface area contributed by atoms with Gasteiger partial charge in [0.15, 0.2) is 0 Å². The van der Waals surface area contributed by atoms with Gasteiger partial charge in [0.2, 0.25) is 5.91 Å². The molecule has 0 aromatic carbocycles. The number of nitrogens with one attached hydrogen (secondary N) is 2. The Morgan fingerprint density at radius 1 is 1.22 bits per heavy atom. The van der Waals surface area contributed by atoms with Crippen LogP contribution < -0.4 is 11.1 Å². The molecule has 108 valence electrons. The van der Waals surface area contributed by atoms with Crippen molar-refractivity contribution in [1.29, 1.82) is 0 Å². The summed E-state index contributed by atoms with van der Waals surface area (Å²) < 4.78 is 0.